The summed E-state index contributed by atoms with van der Waals surface area (Å²) < 4.78 is 35.7. The van der Waals surface area contributed by atoms with Gasteiger partial charge >= 0.3 is 0 Å². The van der Waals surface area contributed by atoms with Crippen LogP contribution in [0.5, 0.6) is 0 Å². The van der Waals surface area contributed by atoms with Crippen LogP contribution < -0.4 is 5.32 Å². The third-order valence-corrected chi connectivity index (χ3v) is 8.54. The molecule has 204 valence electrons. The van der Waals surface area contributed by atoms with E-state index in [9.17, 15) is 8.78 Å². The van der Waals surface area contributed by atoms with E-state index in [-0.39, 0.29) is 23.9 Å². The Morgan fingerprint density at radius 2 is 1.87 bits per heavy atom. The van der Waals surface area contributed by atoms with Gasteiger partial charge in [0.25, 0.3) is 0 Å². The standard InChI is InChI=1S/C29H36ClF2N5O/c1-18-14-23(5-7-26(18)30)37-29(34-19(2)35-37)20-8-11-36(12-9-20)28-17-22(33-10-13-38-3)16-25(28)24-6-4-21(31)15-27(24)32/h4-7,14-15,20,22,25,28,33H,8-13,16-17H2,1-3H3/t22?,25-,28-/m1/s1. The first-order chi connectivity index (χ1) is 18.3. The highest BCUT2D eigenvalue weighted by molar-refractivity contribution is 6.31. The minimum absolute atomic E-state index is 0.00938. The Balaban J connectivity index is 1.33. The number of rotatable bonds is 8. The zero-order valence-electron chi connectivity index (χ0n) is 22.3. The highest BCUT2D eigenvalue weighted by atomic mass is 35.5. The molecule has 38 heavy (non-hydrogen) atoms. The van der Waals surface area contributed by atoms with Gasteiger partial charge in [-0.25, -0.2) is 18.4 Å². The largest absolute Gasteiger partial charge is 0.383 e. The maximum Gasteiger partial charge on any atom is 0.148 e. The van der Waals surface area contributed by atoms with E-state index in [1.807, 2.05) is 36.7 Å². The predicted molar refractivity (Wildman–Crippen MR) is 145 cm³/mol. The van der Waals surface area contributed by atoms with E-state index in [4.69, 9.17) is 26.4 Å². The number of hydrogen-bond donors (Lipinski definition) is 1. The molecular weight excluding hydrogens is 508 g/mol. The fourth-order valence-electron chi connectivity index (χ4n) is 6.22. The maximum atomic E-state index is 14.9. The lowest BCUT2D eigenvalue weighted by Gasteiger charge is -2.38. The Morgan fingerprint density at radius 3 is 2.58 bits per heavy atom. The topological polar surface area (TPSA) is 55.2 Å². The van der Waals surface area contributed by atoms with Crippen LogP contribution in [0, 0.1) is 25.5 Å². The summed E-state index contributed by atoms with van der Waals surface area (Å²) in [5, 5.41) is 9.01. The summed E-state index contributed by atoms with van der Waals surface area (Å²) >= 11 is 6.26. The summed E-state index contributed by atoms with van der Waals surface area (Å²) in [6, 6.07) is 10.4. The number of halogens is 3. The second-order valence-corrected chi connectivity index (χ2v) is 11.0. The summed E-state index contributed by atoms with van der Waals surface area (Å²) in [4.78, 5) is 7.32. The first-order valence-electron chi connectivity index (χ1n) is 13.5. The van der Waals surface area contributed by atoms with Crippen LogP contribution in [-0.2, 0) is 4.74 Å². The minimum atomic E-state index is -0.535. The molecule has 3 aromatic rings. The van der Waals surface area contributed by atoms with E-state index in [1.165, 1.54) is 6.07 Å². The first-order valence-corrected chi connectivity index (χ1v) is 13.8. The third kappa shape index (κ3) is 5.78. The first kappa shape index (κ1) is 27.2. The number of aryl methyl sites for hydroxylation is 2. The van der Waals surface area contributed by atoms with Crippen molar-refractivity contribution in [2.75, 3.05) is 33.4 Å². The number of benzene rings is 2. The second-order valence-electron chi connectivity index (χ2n) is 10.6. The van der Waals surface area contributed by atoms with E-state index in [2.05, 4.69) is 10.2 Å². The quantitative estimate of drug-likeness (QED) is 0.378. The molecule has 1 unspecified atom stereocenters. The van der Waals surface area contributed by atoms with Crippen LogP contribution in [0.3, 0.4) is 0 Å². The van der Waals surface area contributed by atoms with Crippen LogP contribution in [0.1, 0.15) is 60.3 Å². The Morgan fingerprint density at radius 1 is 1.08 bits per heavy atom. The highest BCUT2D eigenvalue weighted by Crippen LogP contribution is 2.41. The van der Waals surface area contributed by atoms with Gasteiger partial charge in [-0.3, -0.25) is 4.90 Å². The second kappa shape index (κ2) is 11.8. The van der Waals surface area contributed by atoms with Crippen LogP contribution in [0.2, 0.25) is 5.02 Å². The summed E-state index contributed by atoms with van der Waals surface area (Å²) in [5.74, 6) is 1.04. The van der Waals surface area contributed by atoms with Crippen LogP contribution in [0.4, 0.5) is 8.78 Å². The molecule has 1 aliphatic heterocycles. The molecule has 2 fully saturated rings. The molecule has 1 N–H and O–H groups in total. The number of hydrogen-bond acceptors (Lipinski definition) is 5. The number of likely N-dealkylation sites (tertiary alicyclic amines) is 1. The normalized spacial score (nSPS) is 22.8. The lowest BCUT2D eigenvalue weighted by atomic mass is 9.89. The van der Waals surface area contributed by atoms with Gasteiger partial charge in [0.05, 0.1) is 12.3 Å². The molecule has 2 aliphatic rings. The van der Waals surface area contributed by atoms with Crippen molar-refractivity contribution in [1.29, 1.82) is 0 Å². The van der Waals surface area contributed by atoms with Crippen molar-refractivity contribution in [3.05, 3.63) is 75.8 Å². The number of methoxy groups -OCH3 is 1. The Hall–Kier alpha value is -2.39. The number of piperidine rings is 1. The van der Waals surface area contributed by atoms with Crippen LogP contribution in [-0.4, -0.2) is 65.1 Å². The molecule has 0 spiro atoms. The van der Waals surface area contributed by atoms with Gasteiger partial charge in [0, 0.05) is 48.7 Å². The molecule has 3 atom stereocenters. The van der Waals surface area contributed by atoms with Crippen molar-refractivity contribution in [2.24, 2.45) is 0 Å². The average Bonchev–Trinajstić information content (AvgIpc) is 3.50. The van der Waals surface area contributed by atoms with E-state index in [1.54, 1.807) is 13.2 Å². The minimum Gasteiger partial charge on any atom is -0.383 e. The van der Waals surface area contributed by atoms with Crippen LogP contribution >= 0.6 is 11.6 Å². The average molecular weight is 544 g/mol. The molecule has 6 nitrogen and oxygen atoms in total. The van der Waals surface area contributed by atoms with Gasteiger partial charge in [-0.15, -0.1) is 0 Å². The van der Waals surface area contributed by atoms with Crippen LogP contribution in [0.25, 0.3) is 5.69 Å². The molecule has 5 rings (SSSR count). The summed E-state index contributed by atoms with van der Waals surface area (Å²) in [6.45, 7) is 7.10. The lowest BCUT2D eigenvalue weighted by molar-refractivity contribution is 0.138. The predicted octanol–water partition coefficient (Wildman–Crippen LogP) is 5.55. The Bertz CT molecular complexity index is 1260. The van der Waals surface area contributed by atoms with Crippen molar-refractivity contribution >= 4 is 11.6 Å². The molecule has 2 aromatic carbocycles. The van der Waals surface area contributed by atoms with Crippen molar-refractivity contribution < 1.29 is 13.5 Å². The molecule has 9 heteroatoms. The summed E-state index contributed by atoms with van der Waals surface area (Å²) in [5.41, 5.74) is 2.59. The molecular formula is C29H36ClF2N5O. The van der Waals surface area contributed by atoms with Crippen molar-refractivity contribution in [3.8, 4) is 5.69 Å². The monoisotopic (exact) mass is 543 g/mol. The zero-order valence-corrected chi connectivity index (χ0v) is 23.0. The van der Waals surface area contributed by atoms with E-state index < -0.39 is 11.6 Å². The number of nitrogens with zero attached hydrogens (tertiary/aromatic N) is 4. The molecule has 1 aromatic heterocycles. The van der Waals surface area contributed by atoms with Gasteiger partial charge in [-0.1, -0.05) is 17.7 Å². The smallest absolute Gasteiger partial charge is 0.148 e. The van der Waals surface area contributed by atoms with Crippen molar-refractivity contribution in [1.82, 2.24) is 25.0 Å². The Labute approximate surface area is 228 Å². The number of ether oxygens (including phenoxy) is 1. The van der Waals surface area contributed by atoms with Gasteiger partial charge in [-0.2, -0.15) is 5.10 Å². The lowest BCUT2D eigenvalue weighted by Crippen LogP contribution is -2.43. The van der Waals surface area contributed by atoms with Gasteiger partial charge < -0.3 is 10.1 Å². The SMILES string of the molecule is COCCNC1C[C@H](c2ccc(F)cc2F)[C@H](N2CCC(c3nc(C)nn3-c3ccc(Cl)c(C)c3)CC2)C1. The molecule has 2 heterocycles. The number of aromatic nitrogens is 3. The van der Waals surface area contributed by atoms with E-state index in [0.717, 1.165) is 79.3 Å². The van der Waals surface area contributed by atoms with E-state index in [0.29, 0.717) is 12.2 Å². The molecule has 1 saturated carbocycles. The fourth-order valence-corrected chi connectivity index (χ4v) is 6.34. The van der Waals surface area contributed by atoms with Crippen LogP contribution in [0.15, 0.2) is 36.4 Å². The van der Waals surface area contributed by atoms with Crippen molar-refractivity contribution in [3.63, 3.8) is 0 Å². The number of nitrogens with one attached hydrogen (secondary N) is 1. The maximum absolute atomic E-state index is 14.9. The van der Waals surface area contributed by atoms with Gasteiger partial charge in [-0.05, 0) is 88.0 Å². The molecule has 1 aliphatic carbocycles. The summed E-state index contributed by atoms with van der Waals surface area (Å²) in [6.07, 6.45) is 3.64. The third-order valence-electron chi connectivity index (χ3n) is 8.12. The molecule has 0 bridgehead atoms. The van der Waals surface area contributed by atoms with E-state index >= 15 is 0 Å². The molecule has 0 radical (unpaired) electrons. The van der Waals surface area contributed by atoms with Crippen molar-refractivity contribution in [2.45, 2.75) is 63.5 Å². The molecule has 1 saturated heterocycles. The fraction of sp³-hybridized carbons (Fsp3) is 0.517. The zero-order chi connectivity index (χ0) is 26.8. The van der Waals surface area contributed by atoms with Gasteiger partial charge in [0.1, 0.15) is 23.3 Å². The molecule has 0 amide bonds. The van der Waals surface area contributed by atoms with Gasteiger partial charge in [0.2, 0.25) is 0 Å². The van der Waals surface area contributed by atoms with Gasteiger partial charge in [0.15, 0.2) is 0 Å². The summed E-state index contributed by atoms with van der Waals surface area (Å²) in [7, 11) is 1.69. The highest BCUT2D eigenvalue weighted by Gasteiger charge is 2.41. The Kier molecular flexibility index (Phi) is 8.43.